The van der Waals surface area contributed by atoms with Crippen molar-refractivity contribution in [3.63, 3.8) is 0 Å². The Morgan fingerprint density at radius 2 is 1.85 bits per heavy atom. The molecule has 0 saturated carbocycles. The Hall–Kier alpha value is -4.15. The third kappa shape index (κ3) is 6.78. The first-order chi connectivity index (χ1) is 19.5. The van der Waals surface area contributed by atoms with Gasteiger partial charge in [-0.3, -0.25) is 9.59 Å². The number of allylic oxidation sites excluding steroid dienone is 2. The van der Waals surface area contributed by atoms with Crippen LogP contribution >= 0.6 is 23.2 Å². The minimum absolute atomic E-state index is 0.0252. The summed E-state index contributed by atoms with van der Waals surface area (Å²) in [7, 11) is 0. The van der Waals surface area contributed by atoms with Gasteiger partial charge in [0.05, 0.1) is 21.3 Å². The molecular formula is C29H24Cl2F3N5O2. The van der Waals surface area contributed by atoms with Crippen molar-refractivity contribution >= 4 is 51.5 Å². The van der Waals surface area contributed by atoms with Crippen LogP contribution in [0.1, 0.15) is 46.3 Å². The van der Waals surface area contributed by atoms with Crippen LogP contribution in [0.4, 0.5) is 18.9 Å². The minimum Gasteiger partial charge on any atom is -0.348 e. The van der Waals surface area contributed by atoms with E-state index in [1.807, 2.05) is 13.0 Å². The van der Waals surface area contributed by atoms with E-state index in [4.69, 9.17) is 23.2 Å². The number of hydrogen-bond acceptors (Lipinski definition) is 4. The zero-order chi connectivity index (χ0) is 29.7. The number of fused-ring (bicyclic) bond motifs is 1. The molecular weight excluding hydrogens is 578 g/mol. The second-order valence-electron chi connectivity index (χ2n) is 9.01. The smallest absolute Gasteiger partial charge is 0.348 e. The number of amides is 2. The summed E-state index contributed by atoms with van der Waals surface area (Å²) in [5.74, 6) is -1.74. The van der Waals surface area contributed by atoms with Crippen LogP contribution in [-0.4, -0.2) is 33.1 Å². The number of pyridine rings is 1. The van der Waals surface area contributed by atoms with Crippen molar-refractivity contribution in [3.05, 3.63) is 106 Å². The molecule has 2 aromatic carbocycles. The average molecular weight is 602 g/mol. The van der Waals surface area contributed by atoms with Crippen LogP contribution in [0.5, 0.6) is 0 Å². The van der Waals surface area contributed by atoms with Crippen molar-refractivity contribution in [2.45, 2.75) is 25.9 Å². The number of benzene rings is 2. The van der Waals surface area contributed by atoms with E-state index in [1.165, 1.54) is 18.3 Å². The molecule has 2 aromatic heterocycles. The molecule has 12 heteroatoms. The van der Waals surface area contributed by atoms with E-state index < -0.39 is 29.4 Å². The van der Waals surface area contributed by atoms with E-state index in [-0.39, 0.29) is 33.7 Å². The maximum atomic E-state index is 13.6. The molecule has 7 nitrogen and oxygen atoms in total. The fourth-order valence-electron chi connectivity index (χ4n) is 4.00. The van der Waals surface area contributed by atoms with E-state index in [2.05, 4.69) is 27.3 Å². The maximum Gasteiger partial charge on any atom is 0.435 e. The maximum absolute atomic E-state index is 13.6. The Labute approximate surface area is 243 Å². The number of carbonyl (C=O) groups excluding carboxylic acids is 2. The first kappa shape index (κ1) is 29.8. The van der Waals surface area contributed by atoms with Gasteiger partial charge in [-0.05, 0) is 43.4 Å². The molecule has 0 spiro atoms. The first-order valence-corrected chi connectivity index (χ1v) is 13.1. The Kier molecular flexibility index (Phi) is 9.14. The topological polar surface area (TPSA) is 88.9 Å². The molecule has 2 heterocycles. The van der Waals surface area contributed by atoms with Crippen molar-refractivity contribution in [2.75, 3.05) is 11.9 Å². The third-order valence-electron chi connectivity index (χ3n) is 6.10. The van der Waals surface area contributed by atoms with Crippen LogP contribution in [0.2, 0.25) is 10.0 Å². The zero-order valence-electron chi connectivity index (χ0n) is 21.7. The minimum atomic E-state index is -4.86. The summed E-state index contributed by atoms with van der Waals surface area (Å²) in [5, 5.41) is 10.0. The molecule has 0 saturated heterocycles. The van der Waals surface area contributed by atoms with Gasteiger partial charge in [-0.15, -0.1) is 6.58 Å². The van der Waals surface area contributed by atoms with E-state index in [0.29, 0.717) is 21.5 Å². The molecule has 0 aliphatic heterocycles. The normalized spacial score (nSPS) is 11.9. The lowest BCUT2D eigenvalue weighted by molar-refractivity contribution is -0.141. The average Bonchev–Trinajstić information content (AvgIpc) is 3.40. The molecule has 2 N–H and O–H groups in total. The second kappa shape index (κ2) is 12.6. The van der Waals surface area contributed by atoms with Crippen LogP contribution < -0.4 is 10.6 Å². The largest absolute Gasteiger partial charge is 0.435 e. The Morgan fingerprint density at radius 1 is 1.10 bits per heavy atom. The van der Waals surface area contributed by atoms with Gasteiger partial charge in [0.25, 0.3) is 11.8 Å². The van der Waals surface area contributed by atoms with Crippen molar-refractivity contribution in [2.24, 2.45) is 0 Å². The molecule has 212 valence electrons. The molecule has 0 unspecified atom stereocenters. The molecule has 0 radical (unpaired) electrons. The fourth-order valence-corrected chi connectivity index (χ4v) is 4.53. The molecule has 0 bridgehead atoms. The van der Waals surface area contributed by atoms with Crippen molar-refractivity contribution < 1.29 is 22.8 Å². The highest BCUT2D eigenvalue weighted by Crippen LogP contribution is 2.36. The Morgan fingerprint density at radius 3 is 2.56 bits per heavy atom. The van der Waals surface area contributed by atoms with Crippen LogP contribution in [0.25, 0.3) is 16.6 Å². The van der Waals surface area contributed by atoms with Gasteiger partial charge in [-0.1, -0.05) is 65.2 Å². The summed E-state index contributed by atoms with van der Waals surface area (Å²) in [5.41, 5.74) is -0.845. The number of aromatic nitrogens is 3. The lowest BCUT2D eigenvalue weighted by Gasteiger charge is -2.16. The van der Waals surface area contributed by atoms with Gasteiger partial charge in [-0.25, -0.2) is 9.67 Å². The predicted molar refractivity (Wildman–Crippen MR) is 154 cm³/mol. The number of nitrogens with zero attached hydrogens (tertiary/aromatic N) is 3. The van der Waals surface area contributed by atoms with Gasteiger partial charge >= 0.3 is 6.18 Å². The Balaban J connectivity index is 1.75. The summed E-state index contributed by atoms with van der Waals surface area (Å²) < 4.78 is 41.5. The lowest BCUT2D eigenvalue weighted by Crippen LogP contribution is -2.26. The summed E-state index contributed by atoms with van der Waals surface area (Å²) in [6.45, 7) is 5.83. The standard InChI is InChI=1S/C29H24Cl2F3N5O2/c1-3-4-8-17(2)12-14-36-27(40)20-15-18-9-5-6-10-19(18)24(31)25(20)37-28(41)22-16-23(29(32,33)34)38-39(22)26-21(30)11-7-13-35-26/h3,5-7,9-13,15-16H,1,4,8,14H2,2H3,(H,36,40)(H,37,41)/b17-12+. The summed E-state index contributed by atoms with van der Waals surface area (Å²) in [6.07, 6.45) is 1.68. The molecule has 0 fully saturated rings. The van der Waals surface area contributed by atoms with Crippen molar-refractivity contribution in [3.8, 4) is 5.82 Å². The van der Waals surface area contributed by atoms with Crippen molar-refractivity contribution in [1.29, 1.82) is 0 Å². The number of nitrogens with one attached hydrogen (secondary N) is 2. The number of anilines is 1. The predicted octanol–water partition coefficient (Wildman–Crippen LogP) is 7.64. The molecule has 0 aliphatic carbocycles. The summed E-state index contributed by atoms with van der Waals surface area (Å²) >= 11 is 12.8. The number of halogens is 5. The number of alkyl halides is 3. The van der Waals surface area contributed by atoms with Gasteiger partial charge in [0.15, 0.2) is 11.5 Å². The van der Waals surface area contributed by atoms with E-state index in [9.17, 15) is 22.8 Å². The SMILES string of the molecule is C=CCC/C(C)=C/CNC(=O)c1cc2ccccc2c(Cl)c1NC(=O)c1cc(C(F)(F)F)nn1-c1ncccc1Cl. The second-order valence-corrected chi connectivity index (χ2v) is 9.79. The third-order valence-corrected chi connectivity index (χ3v) is 6.78. The Bertz CT molecular complexity index is 1660. The lowest BCUT2D eigenvalue weighted by atomic mass is 10.0. The zero-order valence-corrected chi connectivity index (χ0v) is 23.2. The highest BCUT2D eigenvalue weighted by molar-refractivity contribution is 6.40. The highest BCUT2D eigenvalue weighted by atomic mass is 35.5. The van der Waals surface area contributed by atoms with Gasteiger partial charge in [0, 0.05) is 24.2 Å². The monoisotopic (exact) mass is 601 g/mol. The van der Waals surface area contributed by atoms with Crippen LogP contribution in [0, 0.1) is 0 Å². The quantitative estimate of drug-likeness (QED) is 0.193. The molecule has 0 aliphatic rings. The van der Waals surface area contributed by atoms with Gasteiger partial charge < -0.3 is 10.6 Å². The fraction of sp³-hybridized carbons (Fsp3) is 0.172. The van der Waals surface area contributed by atoms with E-state index in [1.54, 1.807) is 36.4 Å². The molecule has 41 heavy (non-hydrogen) atoms. The van der Waals surface area contributed by atoms with Crippen molar-refractivity contribution in [1.82, 2.24) is 20.1 Å². The summed E-state index contributed by atoms with van der Waals surface area (Å²) in [6, 6.07) is 11.9. The highest BCUT2D eigenvalue weighted by Gasteiger charge is 2.37. The molecule has 2 amide bonds. The van der Waals surface area contributed by atoms with Crippen LogP contribution in [-0.2, 0) is 6.18 Å². The molecule has 4 aromatic rings. The van der Waals surface area contributed by atoms with Crippen LogP contribution in [0.15, 0.2) is 79.0 Å². The van der Waals surface area contributed by atoms with Gasteiger partial charge in [0.1, 0.15) is 5.69 Å². The summed E-state index contributed by atoms with van der Waals surface area (Å²) in [4.78, 5) is 30.8. The van der Waals surface area contributed by atoms with E-state index in [0.717, 1.165) is 18.4 Å². The number of hydrogen-bond donors (Lipinski definition) is 2. The first-order valence-electron chi connectivity index (χ1n) is 12.4. The number of carbonyl (C=O) groups is 2. The molecule has 4 rings (SSSR count). The molecule has 0 atom stereocenters. The van der Waals surface area contributed by atoms with Crippen LogP contribution in [0.3, 0.4) is 0 Å². The van der Waals surface area contributed by atoms with Gasteiger partial charge in [0.2, 0.25) is 0 Å². The van der Waals surface area contributed by atoms with Gasteiger partial charge in [-0.2, -0.15) is 18.3 Å². The van der Waals surface area contributed by atoms with E-state index >= 15 is 0 Å². The number of rotatable bonds is 9.